The molecule has 0 aliphatic rings. The van der Waals surface area contributed by atoms with Crippen molar-refractivity contribution in [3.8, 4) is 5.75 Å². The molecule has 1 aromatic rings. The van der Waals surface area contributed by atoms with E-state index in [1.54, 1.807) is 18.2 Å². The molecule has 1 aromatic carbocycles. The lowest BCUT2D eigenvalue weighted by Crippen LogP contribution is -2.19. The minimum atomic E-state index is -2.78. The molecule has 0 aliphatic heterocycles. The first-order valence-corrected chi connectivity index (χ1v) is 6.78. The molecule has 0 aliphatic carbocycles. The normalized spacial score (nSPS) is 14.4. The van der Waals surface area contributed by atoms with Crippen molar-refractivity contribution in [2.45, 2.75) is 45.8 Å². The number of alkyl halides is 2. The summed E-state index contributed by atoms with van der Waals surface area (Å²) < 4.78 is 28.9. The molecule has 0 amide bonds. The van der Waals surface area contributed by atoms with E-state index in [-0.39, 0.29) is 11.8 Å². The minimum Gasteiger partial charge on any atom is -0.435 e. The number of ether oxygens (including phenoxy) is 1. The monoisotopic (exact) mass is 271 g/mol. The molecule has 4 heteroatoms. The van der Waals surface area contributed by atoms with Crippen molar-refractivity contribution in [3.63, 3.8) is 0 Å². The fraction of sp³-hybridized carbons (Fsp3) is 0.600. The number of rotatable bonds is 8. The Bertz CT molecular complexity index is 371. The summed E-state index contributed by atoms with van der Waals surface area (Å²) >= 11 is 0. The molecule has 2 nitrogen and oxygen atoms in total. The molecule has 0 saturated carbocycles. The maximum absolute atomic E-state index is 12.2. The van der Waals surface area contributed by atoms with E-state index < -0.39 is 6.61 Å². The molecule has 0 aromatic heterocycles. The molecule has 2 atom stereocenters. The number of nitrogens with one attached hydrogen (secondary N) is 1. The average molecular weight is 271 g/mol. The van der Waals surface area contributed by atoms with Crippen LogP contribution in [0.2, 0.25) is 0 Å². The van der Waals surface area contributed by atoms with Gasteiger partial charge in [0.1, 0.15) is 5.75 Å². The van der Waals surface area contributed by atoms with Crippen molar-refractivity contribution in [2.24, 2.45) is 5.92 Å². The van der Waals surface area contributed by atoms with Crippen LogP contribution in [0.25, 0.3) is 0 Å². The van der Waals surface area contributed by atoms with Crippen molar-refractivity contribution in [1.82, 2.24) is 5.32 Å². The highest BCUT2D eigenvalue weighted by molar-refractivity contribution is 5.30. The van der Waals surface area contributed by atoms with Gasteiger partial charge in [-0.15, -0.1) is 0 Å². The molecule has 0 fully saturated rings. The summed E-state index contributed by atoms with van der Waals surface area (Å²) in [6.45, 7) is 1.61. The molecular weight excluding hydrogens is 248 g/mol. The van der Waals surface area contributed by atoms with Gasteiger partial charge in [-0.2, -0.15) is 8.78 Å². The Morgan fingerprint density at radius 1 is 1.32 bits per heavy atom. The van der Waals surface area contributed by atoms with Crippen molar-refractivity contribution in [2.75, 3.05) is 7.05 Å². The SMILES string of the molecule is CCCC(C)CC(NC)c1cccc(OC(F)F)c1. The molecule has 0 spiro atoms. The van der Waals surface area contributed by atoms with E-state index in [0.717, 1.165) is 18.4 Å². The average Bonchev–Trinajstić information content (AvgIpc) is 2.35. The van der Waals surface area contributed by atoms with Crippen LogP contribution in [0.1, 0.15) is 44.7 Å². The molecule has 0 heterocycles. The van der Waals surface area contributed by atoms with E-state index in [1.807, 2.05) is 13.1 Å². The van der Waals surface area contributed by atoms with Gasteiger partial charge >= 0.3 is 6.61 Å². The van der Waals surface area contributed by atoms with Crippen LogP contribution in [0.15, 0.2) is 24.3 Å². The van der Waals surface area contributed by atoms with Gasteiger partial charge < -0.3 is 10.1 Å². The lowest BCUT2D eigenvalue weighted by Gasteiger charge is -2.21. The third kappa shape index (κ3) is 5.55. The van der Waals surface area contributed by atoms with Crippen molar-refractivity contribution < 1.29 is 13.5 Å². The van der Waals surface area contributed by atoms with Crippen LogP contribution in [0, 0.1) is 5.92 Å². The first-order chi connectivity index (χ1) is 9.06. The highest BCUT2D eigenvalue weighted by atomic mass is 19.3. The topological polar surface area (TPSA) is 21.3 Å². The van der Waals surface area contributed by atoms with Crippen molar-refractivity contribution in [3.05, 3.63) is 29.8 Å². The Morgan fingerprint density at radius 3 is 2.63 bits per heavy atom. The number of benzene rings is 1. The van der Waals surface area contributed by atoms with Gasteiger partial charge in [-0.1, -0.05) is 38.8 Å². The summed E-state index contributed by atoms with van der Waals surface area (Å²) in [5, 5.41) is 3.25. The van der Waals surface area contributed by atoms with Gasteiger partial charge in [0, 0.05) is 6.04 Å². The Kier molecular flexibility index (Phi) is 6.78. The molecule has 1 rings (SSSR count). The molecule has 0 saturated heterocycles. The van der Waals surface area contributed by atoms with Crippen LogP contribution >= 0.6 is 0 Å². The molecule has 1 N–H and O–H groups in total. The summed E-state index contributed by atoms with van der Waals surface area (Å²) in [6.07, 6.45) is 3.32. The Hall–Kier alpha value is -1.16. The van der Waals surface area contributed by atoms with Crippen molar-refractivity contribution >= 4 is 0 Å². The Labute approximate surface area is 114 Å². The van der Waals surface area contributed by atoms with E-state index in [2.05, 4.69) is 23.9 Å². The Morgan fingerprint density at radius 2 is 2.05 bits per heavy atom. The predicted octanol–water partition coefficient (Wildman–Crippen LogP) is 4.37. The zero-order chi connectivity index (χ0) is 14.3. The van der Waals surface area contributed by atoms with E-state index in [0.29, 0.717) is 5.92 Å². The van der Waals surface area contributed by atoms with Crippen LogP contribution < -0.4 is 10.1 Å². The standard InChI is InChI=1S/C15H23F2NO/c1-4-6-11(2)9-14(18-3)12-7-5-8-13(10-12)19-15(16)17/h5,7-8,10-11,14-15,18H,4,6,9H2,1-3H3. The smallest absolute Gasteiger partial charge is 0.387 e. The first-order valence-electron chi connectivity index (χ1n) is 6.78. The van der Waals surface area contributed by atoms with Crippen LogP contribution in [-0.4, -0.2) is 13.7 Å². The number of hydrogen-bond donors (Lipinski definition) is 1. The molecule has 0 bridgehead atoms. The second-order valence-corrected chi connectivity index (χ2v) is 4.92. The molecule has 0 radical (unpaired) electrons. The summed E-state index contributed by atoms with van der Waals surface area (Å²) in [5.41, 5.74) is 0.989. The van der Waals surface area contributed by atoms with E-state index in [9.17, 15) is 8.78 Å². The molecule has 2 unspecified atom stereocenters. The van der Waals surface area contributed by atoms with Crippen LogP contribution in [-0.2, 0) is 0 Å². The number of halogens is 2. The van der Waals surface area contributed by atoms with E-state index in [1.165, 1.54) is 6.42 Å². The van der Waals surface area contributed by atoms with Gasteiger partial charge in [0.15, 0.2) is 0 Å². The van der Waals surface area contributed by atoms with Crippen molar-refractivity contribution in [1.29, 1.82) is 0 Å². The number of hydrogen-bond acceptors (Lipinski definition) is 2. The van der Waals surface area contributed by atoms with Crippen LogP contribution in [0.3, 0.4) is 0 Å². The maximum atomic E-state index is 12.2. The molecular formula is C15H23F2NO. The van der Waals surface area contributed by atoms with Gasteiger partial charge in [-0.25, -0.2) is 0 Å². The van der Waals surface area contributed by atoms with Gasteiger partial charge in [0.25, 0.3) is 0 Å². The highest BCUT2D eigenvalue weighted by Crippen LogP contribution is 2.26. The largest absolute Gasteiger partial charge is 0.435 e. The second kappa shape index (κ2) is 8.10. The van der Waals surface area contributed by atoms with Crippen LogP contribution in [0.5, 0.6) is 5.75 Å². The zero-order valence-corrected chi connectivity index (χ0v) is 11.8. The summed E-state index contributed by atoms with van der Waals surface area (Å²) in [5.74, 6) is 0.818. The van der Waals surface area contributed by atoms with E-state index >= 15 is 0 Å². The summed E-state index contributed by atoms with van der Waals surface area (Å²) in [6, 6.07) is 7.10. The summed E-state index contributed by atoms with van der Waals surface area (Å²) in [4.78, 5) is 0. The highest BCUT2D eigenvalue weighted by Gasteiger charge is 2.14. The van der Waals surface area contributed by atoms with Gasteiger partial charge in [0.2, 0.25) is 0 Å². The molecule has 19 heavy (non-hydrogen) atoms. The second-order valence-electron chi connectivity index (χ2n) is 4.92. The fourth-order valence-electron chi connectivity index (χ4n) is 2.34. The molecule has 108 valence electrons. The third-order valence-electron chi connectivity index (χ3n) is 3.25. The van der Waals surface area contributed by atoms with E-state index in [4.69, 9.17) is 0 Å². The predicted molar refractivity (Wildman–Crippen MR) is 73.6 cm³/mol. The first kappa shape index (κ1) is 15.9. The van der Waals surface area contributed by atoms with Gasteiger partial charge in [0.05, 0.1) is 0 Å². The lowest BCUT2D eigenvalue weighted by atomic mass is 9.93. The van der Waals surface area contributed by atoms with Gasteiger partial charge in [-0.05, 0) is 37.1 Å². The minimum absolute atomic E-state index is 0.169. The fourth-order valence-corrected chi connectivity index (χ4v) is 2.34. The summed E-state index contributed by atoms with van der Waals surface area (Å²) in [7, 11) is 1.89. The Balaban J connectivity index is 2.74. The van der Waals surface area contributed by atoms with Crippen LogP contribution in [0.4, 0.5) is 8.78 Å². The quantitative estimate of drug-likeness (QED) is 0.758. The maximum Gasteiger partial charge on any atom is 0.387 e. The van der Waals surface area contributed by atoms with Gasteiger partial charge in [-0.3, -0.25) is 0 Å². The zero-order valence-electron chi connectivity index (χ0n) is 11.8. The third-order valence-corrected chi connectivity index (χ3v) is 3.25. The lowest BCUT2D eigenvalue weighted by molar-refractivity contribution is -0.0499.